The molecule has 0 radical (unpaired) electrons. The van der Waals surface area contributed by atoms with Crippen LogP contribution in [0.2, 0.25) is 0 Å². The second-order valence-corrected chi connectivity index (χ2v) is 6.95. The van der Waals surface area contributed by atoms with Crippen molar-refractivity contribution in [1.29, 1.82) is 0 Å². The van der Waals surface area contributed by atoms with Crippen LogP contribution in [0.4, 0.5) is 0 Å². The predicted molar refractivity (Wildman–Crippen MR) is 114 cm³/mol. The van der Waals surface area contributed by atoms with Gasteiger partial charge in [-0.05, 0) is 36.2 Å². The van der Waals surface area contributed by atoms with Crippen LogP contribution in [0.15, 0.2) is 72.8 Å². The normalized spacial score (nSPS) is 11.6. The number of aliphatic carboxylic acids is 1. The number of hydrogen-bond acceptors (Lipinski definition) is 6. The highest BCUT2D eigenvalue weighted by atomic mass is 16.5. The summed E-state index contributed by atoms with van der Waals surface area (Å²) in [6.45, 7) is -0.427. The van der Waals surface area contributed by atoms with Crippen molar-refractivity contribution in [1.82, 2.24) is 5.32 Å². The number of phenolic OH excluding ortho intramolecular Hbond substituents is 2. The molecule has 4 N–H and O–H groups in total. The number of rotatable bonds is 10. The number of hydrogen-bond donors (Lipinski definition) is 4. The van der Waals surface area contributed by atoms with Crippen molar-refractivity contribution in [3.05, 3.63) is 89.5 Å². The van der Waals surface area contributed by atoms with Gasteiger partial charge >= 0.3 is 5.97 Å². The van der Waals surface area contributed by atoms with Gasteiger partial charge in [-0.3, -0.25) is 14.9 Å². The number of Topliss-reactive ketones (excluding diaryl/α,β-unsaturated/α-hetero) is 1. The van der Waals surface area contributed by atoms with Gasteiger partial charge in [0.05, 0.1) is 11.1 Å². The molecule has 0 saturated carbocycles. The number of benzene rings is 3. The Bertz CT molecular complexity index is 1040. The Morgan fingerprint density at radius 3 is 2.19 bits per heavy atom. The molecule has 0 aliphatic heterocycles. The Labute approximate surface area is 179 Å². The summed E-state index contributed by atoms with van der Waals surface area (Å²) < 4.78 is 5.43. The number of carbonyl (C=O) groups excluding carboxylic acids is 1. The topological polar surface area (TPSA) is 116 Å². The molecule has 7 nitrogen and oxygen atoms in total. The van der Waals surface area contributed by atoms with Crippen LogP contribution >= 0.6 is 0 Å². The Morgan fingerprint density at radius 2 is 1.55 bits per heavy atom. The third-order valence-electron chi connectivity index (χ3n) is 4.78. The minimum Gasteiger partial charge on any atom is -0.507 e. The molecule has 0 unspecified atom stereocenters. The second kappa shape index (κ2) is 10.3. The summed E-state index contributed by atoms with van der Waals surface area (Å²) in [4.78, 5) is 24.1. The van der Waals surface area contributed by atoms with Crippen LogP contribution in [0.25, 0.3) is 0 Å². The first-order valence-electron chi connectivity index (χ1n) is 9.70. The highest BCUT2D eigenvalue weighted by Crippen LogP contribution is 2.31. The molecule has 31 heavy (non-hydrogen) atoms. The van der Waals surface area contributed by atoms with Gasteiger partial charge in [-0.2, -0.15) is 0 Å². The van der Waals surface area contributed by atoms with Gasteiger partial charge in [0.15, 0.2) is 6.61 Å². The number of para-hydroxylation sites is 1. The molecule has 0 aliphatic rings. The predicted octanol–water partition coefficient (Wildman–Crippen LogP) is 3.15. The van der Waals surface area contributed by atoms with Crippen molar-refractivity contribution in [2.75, 3.05) is 6.61 Å². The largest absolute Gasteiger partial charge is 0.507 e. The fourth-order valence-electron chi connectivity index (χ4n) is 3.09. The van der Waals surface area contributed by atoms with Crippen LogP contribution in [0.1, 0.15) is 21.5 Å². The lowest BCUT2D eigenvalue weighted by molar-refractivity contribution is -0.139. The Hall–Kier alpha value is -3.84. The maximum Gasteiger partial charge on any atom is 0.321 e. The van der Waals surface area contributed by atoms with Crippen LogP contribution in [0.3, 0.4) is 0 Å². The minimum atomic E-state index is -1.06. The molecule has 3 rings (SSSR count). The molecular formula is C24H23NO6. The van der Waals surface area contributed by atoms with Gasteiger partial charge in [0.2, 0.25) is 5.78 Å². The summed E-state index contributed by atoms with van der Waals surface area (Å²) in [5.41, 5.74) is 0.864. The van der Waals surface area contributed by atoms with E-state index in [1.807, 2.05) is 36.4 Å². The molecule has 3 aromatic carbocycles. The molecule has 3 aromatic rings. The lowest BCUT2D eigenvalue weighted by Gasteiger charge is -2.17. The number of nitrogens with one attached hydrogen (secondary N) is 1. The SMILES string of the molecule is O=C(COc1ccccc1)c1ccc(O)c(CN[C@H](Cc2ccccc2)C(=O)O)c1O. The van der Waals surface area contributed by atoms with E-state index < -0.39 is 23.5 Å². The van der Waals surface area contributed by atoms with E-state index in [0.29, 0.717) is 5.75 Å². The first-order chi connectivity index (χ1) is 15.0. The number of carboxylic acids is 1. The molecule has 0 bridgehead atoms. The smallest absolute Gasteiger partial charge is 0.321 e. The van der Waals surface area contributed by atoms with Gasteiger partial charge in [0.25, 0.3) is 0 Å². The molecule has 1 atom stereocenters. The first kappa shape index (κ1) is 21.9. The summed E-state index contributed by atoms with van der Waals surface area (Å²) in [5, 5.41) is 33.1. The van der Waals surface area contributed by atoms with E-state index in [1.54, 1.807) is 24.3 Å². The summed E-state index contributed by atoms with van der Waals surface area (Å²) in [6.07, 6.45) is 0.223. The average molecular weight is 421 g/mol. The van der Waals surface area contributed by atoms with Gasteiger partial charge < -0.3 is 20.1 Å². The van der Waals surface area contributed by atoms with Crippen molar-refractivity contribution in [3.63, 3.8) is 0 Å². The van der Waals surface area contributed by atoms with Crippen LogP contribution < -0.4 is 10.1 Å². The van der Waals surface area contributed by atoms with Gasteiger partial charge in [-0.25, -0.2) is 0 Å². The van der Waals surface area contributed by atoms with Crippen LogP contribution in [-0.4, -0.2) is 39.7 Å². The number of carbonyl (C=O) groups is 2. The molecule has 0 aromatic heterocycles. The lowest BCUT2D eigenvalue weighted by Crippen LogP contribution is -2.38. The molecule has 0 saturated heterocycles. The second-order valence-electron chi connectivity index (χ2n) is 6.95. The first-order valence-corrected chi connectivity index (χ1v) is 9.70. The van der Waals surface area contributed by atoms with Crippen molar-refractivity contribution < 1.29 is 29.6 Å². The van der Waals surface area contributed by atoms with E-state index in [4.69, 9.17) is 4.74 Å². The van der Waals surface area contributed by atoms with Gasteiger partial charge in [-0.1, -0.05) is 48.5 Å². The molecule has 0 spiro atoms. The Kier molecular flexibility index (Phi) is 7.24. The fraction of sp³-hybridized carbons (Fsp3) is 0.167. The number of ether oxygens (including phenoxy) is 1. The molecular weight excluding hydrogens is 398 g/mol. The molecule has 0 aliphatic carbocycles. The minimum absolute atomic E-state index is 0.0135. The molecule has 0 heterocycles. The number of aromatic hydroxyl groups is 2. The van der Waals surface area contributed by atoms with E-state index >= 15 is 0 Å². The monoisotopic (exact) mass is 421 g/mol. The number of phenols is 2. The van der Waals surface area contributed by atoms with E-state index in [1.165, 1.54) is 12.1 Å². The molecule has 160 valence electrons. The zero-order chi connectivity index (χ0) is 22.2. The van der Waals surface area contributed by atoms with Crippen molar-refractivity contribution in [2.24, 2.45) is 0 Å². The molecule has 0 fully saturated rings. The van der Waals surface area contributed by atoms with Crippen LogP contribution in [0, 0.1) is 0 Å². The van der Waals surface area contributed by atoms with Crippen molar-refractivity contribution in [3.8, 4) is 17.2 Å². The van der Waals surface area contributed by atoms with Crippen molar-refractivity contribution in [2.45, 2.75) is 19.0 Å². The molecule has 0 amide bonds. The van der Waals surface area contributed by atoms with E-state index in [2.05, 4.69) is 5.32 Å². The summed E-state index contributed by atoms with van der Waals surface area (Å²) >= 11 is 0. The van der Waals surface area contributed by atoms with E-state index in [0.717, 1.165) is 5.56 Å². The Balaban J connectivity index is 1.70. The van der Waals surface area contributed by atoms with Gasteiger partial charge in [0.1, 0.15) is 23.3 Å². The fourth-order valence-corrected chi connectivity index (χ4v) is 3.09. The van der Waals surface area contributed by atoms with Gasteiger partial charge in [0, 0.05) is 6.54 Å². The standard InChI is InChI=1S/C24H23NO6/c26-21-12-11-18(22(27)15-31-17-9-5-2-6-10-17)23(28)19(21)14-25-20(24(29)30)13-16-7-3-1-4-8-16/h1-12,20,25-26,28H,13-15H2,(H,29,30)/t20-/m1/s1. The Morgan fingerprint density at radius 1 is 0.903 bits per heavy atom. The van der Waals surface area contributed by atoms with Crippen molar-refractivity contribution >= 4 is 11.8 Å². The lowest BCUT2D eigenvalue weighted by atomic mass is 10.0. The summed E-state index contributed by atoms with van der Waals surface area (Å²) in [7, 11) is 0. The quantitative estimate of drug-likeness (QED) is 0.372. The zero-order valence-corrected chi connectivity index (χ0v) is 16.7. The van der Waals surface area contributed by atoms with E-state index in [9.17, 15) is 24.9 Å². The third-order valence-corrected chi connectivity index (χ3v) is 4.78. The van der Waals surface area contributed by atoms with E-state index in [-0.39, 0.29) is 36.4 Å². The molecule has 7 heteroatoms. The average Bonchev–Trinajstić information content (AvgIpc) is 2.78. The van der Waals surface area contributed by atoms with Gasteiger partial charge in [-0.15, -0.1) is 0 Å². The van der Waals surface area contributed by atoms with Crippen LogP contribution in [0.5, 0.6) is 17.2 Å². The highest BCUT2D eigenvalue weighted by molar-refractivity contribution is 6.00. The van der Waals surface area contributed by atoms with Crippen LogP contribution in [-0.2, 0) is 17.8 Å². The number of carboxylic acid groups (broad SMARTS) is 1. The third kappa shape index (κ3) is 5.83. The maximum atomic E-state index is 12.5. The number of ketones is 1. The zero-order valence-electron chi connectivity index (χ0n) is 16.7. The summed E-state index contributed by atoms with van der Waals surface area (Å²) in [5.74, 6) is -1.67. The summed E-state index contributed by atoms with van der Waals surface area (Å²) in [6, 6.07) is 19.6. The maximum absolute atomic E-state index is 12.5. The highest BCUT2D eigenvalue weighted by Gasteiger charge is 2.22.